The molecule has 1 heterocycles. The van der Waals surface area contributed by atoms with E-state index in [1.54, 1.807) is 23.6 Å². The molecular weight excluding hydrogens is 265 g/mol. The number of benzene rings is 1. The van der Waals surface area contributed by atoms with Crippen LogP contribution in [0.25, 0.3) is 0 Å². The smallest absolute Gasteiger partial charge is 0.336 e. The molecule has 2 N–H and O–H groups in total. The summed E-state index contributed by atoms with van der Waals surface area (Å²) in [4.78, 5) is 11.7. The van der Waals surface area contributed by atoms with Crippen molar-refractivity contribution in [2.75, 3.05) is 6.54 Å². The maximum absolute atomic E-state index is 12.7. The number of halogens is 1. The fourth-order valence-corrected chi connectivity index (χ4v) is 2.51. The second-order valence-corrected chi connectivity index (χ2v) is 5.16. The van der Waals surface area contributed by atoms with E-state index in [0.29, 0.717) is 12.1 Å². The Morgan fingerprint density at radius 1 is 1.32 bits per heavy atom. The minimum atomic E-state index is -0.895. The summed E-state index contributed by atoms with van der Waals surface area (Å²) in [6.45, 7) is 1.42. The molecule has 0 aliphatic rings. The summed E-state index contributed by atoms with van der Waals surface area (Å²) in [6.07, 6.45) is 0.817. The van der Waals surface area contributed by atoms with E-state index in [0.717, 1.165) is 23.4 Å². The van der Waals surface area contributed by atoms with Crippen LogP contribution >= 0.6 is 11.3 Å². The molecule has 2 aromatic rings. The van der Waals surface area contributed by atoms with Gasteiger partial charge in [0.2, 0.25) is 0 Å². The molecule has 3 nitrogen and oxygen atoms in total. The minimum absolute atomic E-state index is 0.225. The summed E-state index contributed by atoms with van der Waals surface area (Å²) in [7, 11) is 0. The van der Waals surface area contributed by atoms with E-state index in [4.69, 9.17) is 5.11 Å². The highest BCUT2D eigenvalue weighted by Gasteiger charge is 2.05. The Bertz CT molecular complexity index is 551. The average molecular weight is 279 g/mol. The van der Waals surface area contributed by atoms with Crippen molar-refractivity contribution in [1.82, 2.24) is 5.32 Å². The number of carbonyl (C=O) groups is 1. The van der Waals surface area contributed by atoms with E-state index in [-0.39, 0.29) is 5.82 Å². The molecule has 0 bridgehead atoms. The molecule has 0 amide bonds. The van der Waals surface area contributed by atoms with Gasteiger partial charge in [0.15, 0.2) is 0 Å². The van der Waals surface area contributed by atoms with Crippen molar-refractivity contribution in [3.05, 3.63) is 57.5 Å². The van der Waals surface area contributed by atoms with E-state index in [1.807, 2.05) is 0 Å². The maximum atomic E-state index is 12.7. The quantitative estimate of drug-likeness (QED) is 0.799. The third-order valence-electron chi connectivity index (χ3n) is 2.70. The van der Waals surface area contributed by atoms with Gasteiger partial charge in [0.25, 0.3) is 0 Å². The standard InChI is InChI=1S/C14H14FNO2S/c15-12-3-1-10(2-4-12)5-6-16-8-13-7-11(9-19-13)14(17)18/h1-4,7,9,16H,5-6,8H2,(H,17,18). The van der Waals surface area contributed by atoms with E-state index in [9.17, 15) is 9.18 Å². The molecule has 100 valence electrons. The predicted molar refractivity (Wildman–Crippen MR) is 73.1 cm³/mol. The van der Waals surface area contributed by atoms with Crippen LogP contribution in [-0.2, 0) is 13.0 Å². The lowest BCUT2D eigenvalue weighted by Crippen LogP contribution is -2.16. The molecule has 0 spiro atoms. The molecule has 1 aromatic carbocycles. The zero-order valence-electron chi connectivity index (χ0n) is 10.2. The third-order valence-corrected chi connectivity index (χ3v) is 3.64. The van der Waals surface area contributed by atoms with E-state index in [2.05, 4.69) is 5.32 Å². The first kappa shape index (κ1) is 13.7. The first-order valence-electron chi connectivity index (χ1n) is 5.91. The number of hydrogen-bond donors (Lipinski definition) is 2. The zero-order chi connectivity index (χ0) is 13.7. The van der Waals surface area contributed by atoms with Crippen molar-refractivity contribution in [3.63, 3.8) is 0 Å². The largest absolute Gasteiger partial charge is 0.478 e. The molecule has 0 radical (unpaired) electrons. The normalized spacial score (nSPS) is 10.6. The fraction of sp³-hybridized carbons (Fsp3) is 0.214. The highest BCUT2D eigenvalue weighted by molar-refractivity contribution is 7.10. The molecular formula is C14H14FNO2S. The van der Waals surface area contributed by atoms with Crippen molar-refractivity contribution >= 4 is 17.3 Å². The van der Waals surface area contributed by atoms with Gasteiger partial charge in [-0.3, -0.25) is 0 Å². The molecule has 0 saturated carbocycles. The SMILES string of the molecule is O=C(O)c1csc(CNCCc2ccc(F)cc2)c1. The van der Waals surface area contributed by atoms with Crippen LogP contribution < -0.4 is 5.32 Å². The molecule has 19 heavy (non-hydrogen) atoms. The first-order chi connectivity index (χ1) is 9.15. The molecule has 0 aliphatic heterocycles. The number of rotatable bonds is 6. The summed E-state index contributed by atoms with van der Waals surface area (Å²) >= 11 is 1.43. The third kappa shape index (κ3) is 4.15. The van der Waals surface area contributed by atoms with Gasteiger partial charge in [-0.05, 0) is 36.7 Å². The van der Waals surface area contributed by atoms with Crippen molar-refractivity contribution in [3.8, 4) is 0 Å². The van der Waals surface area contributed by atoms with Crippen LogP contribution in [0.1, 0.15) is 20.8 Å². The lowest BCUT2D eigenvalue weighted by molar-refractivity contribution is 0.0697. The molecule has 5 heteroatoms. The Labute approximate surface area is 114 Å². The van der Waals surface area contributed by atoms with Crippen molar-refractivity contribution < 1.29 is 14.3 Å². The Morgan fingerprint density at radius 2 is 2.05 bits per heavy atom. The van der Waals surface area contributed by atoms with Crippen molar-refractivity contribution in [2.24, 2.45) is 0 Å². The summed E-state index contributed by atoms with van der Waals surface area (Å²) in [5.41, 5.74) is 1.41. The summed E-state index contributed by atoms with van der Waals surface area (Å²) in [5, 5.41) is 13.7. The van der Waals surface area contributed by atoms with Gasteiger partial charge in [0.1, 0.15) is 5.82 Å². The summed E-state index contributed by atoms with van der Waals surface area (Å²) < 4.78 is 12.7. The van der Waals surface area contributed by atoms with Crippen molar-refractivity contribution in [1.29, 1.82) is 0 Å². The van der Waals surface area contributed by atoms with Gasteiger partial charge in [0.05, 0.1) is 5.56 Å². The highest BCUT2D eigenvalue weighted by Crippen LogP contribution is 2.14. The van der Waals surface area contributed by atoms with Crippen LogP contribution in [0.5, 0.6) is 0 Å². The topological polar surface area (TPSA) is 49.3 Å². The fourth-order valence-electron chi connectivity index (χ4n) is 1.68. The lowest BCUT2D eigenvalue weighted by atomic mass is 10.1. The van der Waals surface area contributed by atoms with Crippen LogP contribution in [0.4, 0.5) is 4.39 Å². The van der Waals surface area contributed by atoms with Gasteiger partial charge in [-0.15, -0.1) is 11.3 Å². The van der Waals surface area contributed by atoms with Gasteiger partial charge >= 0.3 is 5.97 Å². The number of hydrogen-bond acceptors (Lipinski definition) is 3. The molecule has 2 rings (SSSR count). The van der Waals surface area contributed by atoms with Crippen LogP contribution in [0.3, 0.4) is 0 Å². The maximum Gasteiger partial charge on any atom is 0.336 e. The number of nitrogens with one attached hydrogen (secondary N) is 1. The van der Waals surface area contributed by atoms with E-state index < -0.39 is 5.97 Å². The van der Waals surface area contributed by atoms with Gasteiger partial charge < -0.3 is 10.4 Å². The van der Waals surface area contributed by atoms with Gasteiger partial charge in [-0.25, -0.2) is 9.18 Å². The average Bonchev–Trinajstić information content (AvgIpc) is 2.86. The Kier molecular flexibility index (Phi) is 4.65. The zero-order valence-corrected chi connectivity index (χ0v) is 11.0. The number of carboxylic acid groups (broad SMARTS) is 1. The second-order valence-electron chi connectivity index (χ2n) is 4.16. The monoisotopic (exact) mass is 279 g/mol. The number of aromatic carboxylic acids is 1. The Morgan fingerprint density at radius 3 is 2.68 bits per heavy atom. The van der Waals surface area contributed by atoms with Crippen LogP contribution in [0.15, 0.2) is 35.7 Å². The predicted octanol–water partition coefficient (Wildman–Crippen LogP) is 2.92. The van der Waals surface area contributed by atoms with E-state index >= 15 is 0 Å². The number of thiophene rings is 1. The summed E-state index contributed by atoms with van der Waals surface area (Å²) in [5.74, 6) is -1.12. The van der Waals surface area contributed by atoms with Crippen molar-refractivity contribution in [2.45, 2.75) is 13.0 Å². The van der Waals surface area contributed by atoms with Gasteiger partial charge in [0, 0.05) is 16.8 Å². The first-order valence-corrected chi connectivity index (χ1v) is 6.79. The van der Waals surface area contributed by atoms with Gasteiger partial charge in [-0.2, -0.15) is 0 Å². The number of carboxylic acids is 1. The molecule has 0 saturated heterocycles. The lowest BCUT2D eigenvalue weighted by Gasteiger charge is -2.03. The minimum Gasteiger partial charge on any atom is -0.478 e. The van der Waals surface area contributed by atoms with E-state index in [1.165, 1.54) is 23.5 Å². The van der Waals surface area contributed by atoms with Crippen LogP contribution in [0, 0.1) is 5.82 Å². The Hall–Kier alpha value is -1.72. The second kappa shape index (κ2) is 6.45. The molecule has 0 atom stereocenters. The Balaban J connectivity index is 1.74. The van der Waals surface area contributed by atoms with Gasteiger partial charge in [-0.1, -0.05) is 12.1 Å². The molecule has 1 aromatic heterocycles. The highest BCUT2D eigenvalue weighted by atomic mass is 32.1. The summed E-state index contributed by atoms with van der Waals surface area (Å²) in [6, 6.07) is 8.12. The molecule has 0 unspecified atom stereocenters. The molecule has 0 aliphatic carbocycles. The molecule has 0 fully saturated rings. The van der Waals surface area contributed by atoms with Crippen LogP contribution in [-0.4, -0.2) is 17.6 Å². The van der Waals surface area contributed by atoms with Crippen LogP contribution in [0.2, 0.25) is 0 Å².